The third kappa shape index (κ3) is 4.27. The smallest absolute Gasteiger partial charge is 0.311 e. The Labute approximate surface area is 173 Å². The largest absolute Gasteiger partial charge is 0.497 e. The van der Waals surface area contributed by atoms with Gasteiger partial charge in [-0.3, -0.25) is 9.59 Å². The van der Waals surface area contributed by atoms with Crippen molar-refractivity contribution in [2.45, 2.75) is 12.8 Å². The Morgan fingerprint density at radius 1 is 0.900 bits per heavy atom. The molecule has 0 saturated carbocycles. The predicted molar refractivity (Wildman–Crippen MR) is 114 cm³/mol. The van der Waals surface area contributed by atoms with Crippen molar-refractivity contribution in [1.82, 2.24) is 5.32 Å². The van der Waals surface area contributed by atoms with Gasteiger partial charge in [0, 0.05) is 29.3 Å². The number of para-hydroxylation sites is 1. The summed E-state index contributed by atoms with van der Waals surface area (Å²) in [6.45, 7) is 0.380. The second-order valence-electron chi connectivity index (χ2n) is 6.82. The molecule has 1 heterocycles. The first-order chi connectivity index (χ1) is 14.6. The Hall–Kier alpha value is -3.80. The van der Waals surface area contributed by atoms with Crippen molar-refractivity contribution in [2.75, 3.05) is 13.7 Å². The van der Waals surface area contributed by atoms with Gasteiger partial charge in [0.25, 0.3) is 5.91 Å². The van der Waals surface area contributed by atoms with E-state index in [1.807, 2.05) is 30.3 Å². The molecule has 0 aliphatic rings. The minimum atomic E-state index is -0.346. The zero-order chi connectivity index (χ0) is 20.9. The molecular formula is C24H21NO5. The number of furan rings is 1. The highest BCUT2D eigenvalue weighted by atomic mass is 16.5. The SMILES string of the molecule is COc1ccc(C(=O)NCCCC(=O)Oc2ccc3oc4ccccc4c3c2)cc1. The molecule has 4 rings (SSSR count). The molecule has 0 spiro atoms. The van der Waals surface area contributed by atoms with Gasteiger partial charge in [-0.2, -0.15) is 0 Å². The quantitative estimate of drug-likeness (QED) is 0.275. The summed E-state index contributed by atoms with van der Waals surface area (Å²) in [5, 5.41) is 4.68. The normalized spacial score (nSPS) is 10.8. The van der Waals surface area contributed by atoms with Crippen LogP contribution in [-0.2, 0) is 4.79 Å². The van der Waals surface area contributed by atoms with Crippen LogP contribution in [0.15, 0.2) is 71.1 Å². The highest BCUT2D eigenvalue weighted by Gasteiger charge is 2.11. The molecule has 1 aromatic heterocycles. The van der Waals surface area contributed by atoms with E-state index in [1.54, 1.807) is 43.5 Å². The van der Waals surface area contributed by atoms with E-state index in [0.29, 0.717) is 30.0 Å². The van der Waals surface area contributed by atoms with E-state index < -0.39 is 0 Å². The average Bonchev–Trinajstić information content (AvgIpc) is 3.14. The fourth-order valence-electron chi connectivity index (χ4n) is 3.23. The van der Waals surface area contributed by atoms with Crippen molar-refractivity contribution >= 4 is 33.8 Å². The van der Waals surface area contributed by atoms with E-state index in [4.69, 9.17) is 13.9 Å². The molecule has 0 atom stereocenters. The van der Waals surface area contributed by atoms with Crippen LogP contribution in [-0.4, -0.2) is 25.5 Å². The second-order valence-corrected chi connectivity index (χ2v) is 6.82. The number of rotatable bonds is 7. The van der Waals surface area contributed by atoms with Gasteiger partial charge >= 0.3 is 5.97 Å². The molecule has 4 aromatic rings. The van der Waals surface area contributed by atoms with Gasteiger partial charge in [0.2, 0.25) is 0 Å². The van der Waals surface area contributed by atoms with Gasteiger partial charge in [0.15, 0.2) is 0 Å². The summed E-state index contributed by atoms with van der Waals surface area (Å²) >= 11 is 0. The van der Waals surface area contributed by atoms with Crippen LogP contribution in [0.2, 0.25) is 0 Å². The molecule has 1 amide bonds. The van der Waals surface area contributed by atoms with E-state index in [9.17, 15) is 9.59 Å². The molecule has 0 radical (unpaired) electrons. The molecule has 6 nitrogen and oxygen atoms in total. The number of nitrogens with one attached hydrogen (secondary N) is 1. The number of amides is 1. The maximum absolute atomic E-state index is 12.2. The summed E-state index contributed by atoms with van der Waals surface area (Å²) in [5.74, 6) is 0.626. The van der Waals surface area contributed by atoms with Crippen LogP contribution in [0.25, 0.3) is 21.9 Å². The second kappa shape index (κ2) is 8.69. The first kappa shape index (κ1) is 19.5. The van der Waals surface area contributed by atoms with Crippen LogP contribution < -0.4 is 14.8 Å². The summed E-state index contributed by atoms with van der Waals surface area (Å²) in [6, 6.07) is 19.9. The van der Waals surface area contributed by atoms with Crippen molar-refractivity contribution in [1.29, 1.82) is 0 Å². The van der Waals surface area contributed by atoms with E-state index in [2.05, 4.69) is 5.32 Å². The molecule has 6 heteroatoms. The number of methoxy groups -OCH3 is 1. The first-order valence-electron chi connectivity index (χ1n) is 9.68. The average molecular weight is 403 g/mol. The van der Waals surface area contributed by atoms with Crippen LogP contribution in [0.1, 0.15) is 23.2 Å². The number of carbonyl (C=O) groups excluding carboxylic acids is 2. The van der Waals surface area contributed by atoms with Crippen molar-refractivity contribution < 1.29 is 23.5 Å². The predicted octanol–water partition coefficient (Wildman–Crippen LogP) is 4.71. The van der Waals surface area contributed by atoms with Gasteiger partial charge in [-0.05, 0) is 55.0 Å². The third-order valence-corrected chi connectivity index (χ3v) is 4.78. The van der Waals surface area contributed by atoms with E-state index in [1.165, 1.54) is 0 Å². The van der Waals surface area contributed by atoms with Crippen LogP contribution in [0.4, 0.5) is 0 Å². The van der Waals surface area contributed by atoms with Crippen molar-refractivity contribution in [3.63, 3.8) is 0 Å². The summed E-state index contributed by atoms with van der Waals surface area (Å²) in [5.41, 5.74) is 2.08. The Balaban J connectivity index is 1.28. The number of carbonyl (C=O) groups is 2. The zero-order valence-electron chi connectivity index (χ0n) is 16.5. The molecular weight excluding hydrogens is 382 g/mol. The fourth-order valence-corrected chi connectivity index (χ4v) is 3.23. The van der Waals surface area contributed by atoms with Gasteiger partial charge in [-0.1, -0.05) is 18.2 Å². The summed E-state index contributed by atoms with van der Waals surface area (Å²) in [6.07, 6.45) is 0.685. The number of esters is 1. The number of hydrogen-bond donors (Lipinski definition) is 1. The topological polar surface area (TPSA) is 77.8 Å². The van der Waals surface area contributed by atoms with Gasteiger partial charge in [0.1, 0.15) is 22.7 Å². The van der Waals surface area contributed by atoms with Gasteiger partial charge in [0.05, 0.1) is 7.11 Å². The van der Waals surface area contributed by atoms with Crippen LogP contribution in [0, 0.1) is 0 Å². The summed E-state index contributed by atoms with van der Waals surface area (Å²) in [4.78, 5) is 24.3. The Morgan fingerprint density at radius 3 is 2.43 bits per heavy atom. The zero-order valence-corrected chi connectivity index (χ0v) is 16.5. The lowest BCUT2D eigenvalue weighted by molar-refractivity contribution is -0.134. The minimum Gasteiger partial charge on any atom is -0.497 e. The Morgan fingerprint density at radius 2 is 1.63 bits per heavy atom. The molecule has 152 valence electrons. The standard InChI is InChI=1S/C24H21NO5/c1-28-17-10-8-16(9-11-17)24(27)25-14-4-7-23(26)29-18-12-13-22-20(15-18)19-5-2-3-6-21(19)30-22/h2-3,5-6,8-13,15H,4,7,14H2,1H3,(H,25,27). The minimum absolute atomic E-state index is 0.191. The Kier molecular flexibility index (Phi) is 5.66. The molecule has 0 saturated heterocycles. The molecule has 0 aliphatic carbocycles. The molecule has 3 aromatic carbocycles. The first-order valence-corrected chi connectivity index (χ1v) is 9.68. The number of ether oxygens (including phenoxy) is 2. The van der Waals surface area contributed by atoms with Crippen LogP contribution in [0.5, 0.6) is 11.5 Å². The van der Waals surface area contributed by atoms with Crippen molar-refractivity contribution in [2.24, 2.45) is 0 Å². The lowest BCUT2D eigenvalue weighted by atomic mass is 10.1. The van der Waals surface area contributed by atoms with Crippen LogP contribution >= 0.6 is 0 Å². The maximum atomic E-state index is 12.2. The van der Waals surface area contributed by atoms with Gasteiger partial charge in [-0.25, -0.2) is 0 Å². The maximum Gasteiger partial charge on any atom is 0.311 e. The third-order valence-electron chi connectivity index (χ3n) is 4.78. The van der Waals surface area contributed by atoms with E-state index in [0.717, 1.165) is 21.9 Å². The number of benzene rings is 3. The van der Waals surface area contributed by atoms with Crippen LogP contribution in [0.3, 0.4) is 0 Å². The molecule has 0 bridgehead atoms. The molecule has 0 unspecified atom stereocenters. The highest BCUT2D eigenvalue weighted by Crippen LogP contribution is 2.31. The summed E-state index contributed by atoms with van der Waals surface area (Å²) < 4.78 is 16.3. The fraction of sp³-hybridized carbons (Fsp3) is 0.167. The number of hydrogen-bond acceptors (Lipinski definition) is 5. The highest BCUT2D eigenvalue weighted by molar-refractivity contribution is 6.05. The lowest BCUT2D eigenvalue weighted by Gasteiger charge is -2.07. The molecule has 1 N–H and O–H groups in total. The molecule has 0 fully saturated rings. The van der Waals surface area contributed by atoms with Gasteiger partial charge < -0.3 is 19.2 Å². The number of fused-ring (bicyclic) bond motifs is 3. The van der Waals surface area contributed by atoms with E-state index >= 15 is 0 Å². The van der Waals surface area contributed by atoms with Crippen molar-refractivity contribution in [3.05, 3.63) is 72.3 Å². The molecule has 30 heavy (non-hydrogen) atoms. The monoisotopic (exact) mass is 403 g/mol. The molecule has 0 aliphatic heterocycles. The lowest BCUT2D eigenvalue weighted by Crippen LogP contribution is -2.25. The summed E-state index contributed by atoms with van der Waals surface area (Å²) in [7, 11) is 1.57. The van der Waals surface area contributed by atoms with Gasteiger partial charge in [-0.15, -0.1) is 0 Å². The van der Waals surface area contributed by atoms with Crippen molar-refractivity contribution in [3.8, 4) is 11.5 Å². The Bertz CT molecular complexity index is 1190. The van der Waals surface area contributed by atoms with E-state index in [-0.39, 0.29) is 18.3 Å².